The van der Waals surface area contributed by atoms with Crippen molar-refractivity contribution in [3.05, 3.63) is 46.9 Å². The molecule has 1 saturated heterocycles. The maximum absolute atomic E-state index is 12.6. The first-order valence-electron chi connectivity index (χ1n) is 9.00. The number of rotatable bonds is 3. The summed E-state index contributed by atoms with van der Waals surface area (Å²) in [6.45, 7) is 1.50. The third-order valence-corrected chi connectivity index (χ3v) is 5.70. The van der Waals surface area contributed by atoms with E-state index in [2.05, 4.69) is 14.7 Å². The Balaban J connectivity index is 1.15. The Morgan fingerprint density at radius 2 is 1.97 bits per heavy atom. The van der Waals surface area contributed by atoms with Gasteiger partial charge < -0.3 is 19.1 Å². The number of fused-ring (bicyclic) bond motifs is 1. The number of hydrogen-bond acceptors (Lipinski definition) is 5. The molecule has 0 radical (unpaired) electrons. The third kappa shape index (κ3) is 3.23. The molecular weight excluding hydrogens is 411 g/mol. The summed E-state index contributed by atoms with van der Waals surface area (Å²) in [5.41, 5.74) is 1.43. The highest BCUT2D eigenvalue weighted by atomic mass is 35.5. The monoisotopic (exact) mass is 425 g/mol. The van der Waals surface area contributed by atoms with Crippen LogP contribution in [-0.2, 0) is 6.18 Å². The van der Waals surface area contributed by atoms with Crippen LogP contribution in [0.2, 0.25) is 5.02 Å². The second kappa shape index (κ2) is 6.16. The van der Waals surface area contributed by atoms with Crippen molar-refractivity contribution in [2.24, 2.45) is 5.41 Å². The lowest BCUT2D eigenvalue weighted by Gasteiger charge is -2.58. The van der Waals surface area contributed by atoms with Gasteiger partial charge in [0.1, 0.15) is 5.52 Å². The van der Waals surface area contributed by atoms with E-state index in [1.54, 1.807) is 18.2 Å². The average Bonchev–Trinajstić information content (AvgIpc) is 3.21. The van der Waals surface area contributed by atoms with Crippen LogP contribution in [0.15, 0.2) is 39.2 Å². The van der Waals surface area contributed by atoms with Crippen LogP contribution < -0.4 is 10.2 Å². The van der Waals surface area contributed by atoms with Crippen molar-refractivity contribution < 1.29 is 26.8 Å². The van der Waals surface area contributed by atoms with Gasteiger partial charge in [-0.15, -0.1) is 0 Å². The fourth-order valence-electron chi connectivity index (χ4n) is 4.14. The summed E-state index contributed by atoms with van der Waals surface area (Å²) in [5.74, 6) is -2.15. The number of amides is 1. The van der Waals surface area contributed by atoms with Gasteiger partial charge >= 0.3 is 6.18 Å². The predicted octanol–water partition coefficient (Wildman–Crippen LogP) is 4.49. The zero-order valence-corrected chi connectivity index (χ0v) is 15.7. The molecule has 3 aromatic rings. The van der Waals surface area contributed by atoms with E-state index in [4.69, 9.17) is 16.0 Å². The molecule has 1 spiro atoms. The highest BCUT2D eigenvalue weighted by Gasteiger charge is 2.54. The van der Waals surface area contributed by atoms with Crippen LogP contribution in [0, 0.1) is 5.41 Å². The van der Waals surface area contributed by atoms with Gasteiger partial charge in [-0.3, -0.25) is 4.79 Å². The van der Waals surface area contributed by atoms with E-state index in [0.717, 1.165) is 38.1 Å². The number of nitrogens with one attached hydrogen (secondary N) is 1. The van der Waals surface area contributed by atoms with Crippen molar-refractivity contribution >= 4 is 34.6 Å². The van der Waals surface area contributed by atoms with Crippen LogP contribution in [0.25, 0.3) is 11.1 Å². The summed E-state index contributed by atoms with van der Waals surface area (Å²) < 4.78 is 48.1. The van der Waals surface area contributed by atoms with Crippen molar-refractivity contribution in [1.82, 2.24) is 10.3 Å². The van der Waals surface area contributed by atoms with Crippen molar-refractivity contribution in [3.8, 4) is 0 Å². The van der Waals surface area contributed by atoms with Crippen LogP contribution in [0.5, 0.6) is 0 Å². The summed E-state index contributed by atoms with van der Waals surface area (Å²) in [4.78, 5) is 18.6. The van der Waals surface area contributed by atoms with Crippen molar-refractivity contribution in [1.29, 1.82) is 0 Å². The molecule has 1 aliphatic carbocycles. The standard InChI is InChI=1S/C19H15ClF3N3O3/c20-10-1-2-13-12(5-10)25-17(29-13)26-8-18(9-26)6-11(7-18)24-16(27)14-3-4-15(28-14)19(21,22)23/h1-5,11H,6-9H2,(H,24,27). The van der Waals surface area contributed by atoms with Gasteiger partial charge in [-0.25, -0.2) is 0 Å². The Hall–Kier alpha value is -2.68. The van der Waals surface area contributed by atoms with Crippen molar-refractivity contribution in [2.75, 3.05) is 18.0 Å². The number of furan rings is 1. The highest BCUT2D eigenvalue weighted by molar-refractivity contribution is 6.31. The predicted molar refractivity (Wildman–Crippen MR) is 97.9 cm³/mol. The van der Waals surface area contributed by atoms with E-state index in [0.29, 0.717) is 22.1 Å². The minimum Gasteiger partial charge on any atom is -0.446 e. The Kier molecular flexibility index (Phi) is 3.90. The normalized spacial score (nSPS) is 18.7. The Bertz CT molecular complexity index is 1090. The minimum absolute atomic E-state index is 0.0660. The maximum atomic E-state index is 12.6. The molecule has 10 heteroatoms. The summed E-state index contributed by atoms with van der Waals surface area (Å²) >= 11 is 5.97. The topological polar surface area (TPSA) is 71.5 Å². The molecule has 2 fully saturated rings. The van der Waals surface area contributed by atoms with Gasteiger partial charge in [-0.1, -0.05) is 11.6 Å². The minimum atomic E-state index is -4.61. The lowest BCUT2D eigenvalue weighted by Crippen LogP contribution is -2.66. The Morgan fingerprint density at radius 1 is 1.21 bits per heavy atom. The molecule has 1 aliphatic heterocycles. The molecule has 3 heterocycles. The number of carbonyl (C=O) groups is 1. The quantitative estimate of drug-likeness (QED) is 0.669. The van der Waals surface area contributed by atoms with E-state index in [1.807, 2.05) is 4.90 Å². The largest absolute Gasteiger partial charge is 0.449 e. The van der Waals surface area contributed by atoms with Gasteiger partial charge in [-0.2, -0.15) is 18.2 Å². The second-order valence-corrected chi connectivity index (χ2v) is 8.14. The van der Waals surface area contributed by atoms with Gasteiger partial charge in [0.15, 0.2) is 11.3 Å². The number of hydrogen-bond donors (Lipinski definition) is 1. The number of benzene rings is 1. The van der Waals surface area contributed by atoms with Gasteiger partial charge in [0, 0.05) is 29.6 Å². The van der Waals surface area contributed by atoms with Crippen LogP contribution in [-0.4, -0.2) is 30.0 Å². The molecule has 1 N–H and O–H groups in total. The summed E-state index contributed by atoms with van der Waals surface area (Å²) in [6, 6.07) is 7.50. The summed E-state index contributed by atoms with van der Waals surface area (Å²) in [7, 11) is 0. The van der Waals surface area contributed by atoms with Gasteiger partial charge in [0.25, 0.3) is 11.9 Å². The molecule has 0 unspecified atom stereocenters. The molecule has 29 heavy (non-hydrogen) atoms. The molecule has 2 aliphatic rings. The first-order valence-corrected chi connectivity index (χ1v) is 9.38. The molecule has 152 valence electrons. The number of nitrogens with zero attached hydrogens (tertiary/aromatic N) is 2. The van der Waals surface area contributed by atoms with E-state index >= 15 is 0 Å². The van der Waals surface area contributed by atoms with Crippen LogP contribution in [0.3, 0.4) is 0 Å². The highest BCUT2D eigenvalue weighted by Crippen LogP contribution is 2.49. The number of aromatic nitrogens is 1. The van der Waals surface area contributed by atoms with E-state index in [-0.39, 0.29) is 17.2 Å². The van der Waals surface area contributed by atoms with Gasteiger partial charge in [-0.05, 0) is 43.2 Å². The van der Waals surface area contributed by atoms with Gasteiger partial charge in [0.2, 0.25) is 5.76 Å². The van der Waals surface area contributed by atoms with E-state index in [9.17, 15) is 18.0 Å². The number of halogens is 4. The molecule has 2 aromatic heterocycles. The molecule has 0 bridgehead atoms. The zero-order valence-electron chi connectivity index (χ0n) is 14.9. The second-order valence-electron chi connectivity index (χ2n) is 7.70. The molecule has 1 amide bonds. The molecule has 1 saturated carbocycles. The number of oxazole rings is 1. The fourth-order valence-corrected chi connectivity index (χ4v) is 4.30. The average molecular weight is 426 g/mol. The SMILES string of the molecule is O=C(NC1CC2(C1)CN(c1nc3cc(Cl)ccc3o1)C2)c1ccc(C(F)(F)F)o1. The molecule has 1 aromatic carbocycles. The molecular formula is C19H15ClF3N3O3. The third-order valence-electron chi connectivity index (χ3n) is 5.46. The van der Waals surface area contributed by atoms with Gasteiger partial charge in [0.05, 0.1) is 0 Å². The Labute approximate surface area is 167 Å². The van der Waals surface area contributed by atoms with Crippen LogP contribution >= 0.6 is 11.6 Å². The molecule has 0 atom stereocenters. The number of anilines is 1. The first kappa shape index (κ1) is 18.4. The smallest absolute Gasteiger partial charge is 0.446 e. The number of carbonyl (C=O) groups excluding carboxylic acids is 1. The molecule has 5 rings (SSSR count). The number of alkyl halides is 3. The maximum Gasteiger partial charge on any atom is 0.449 e. The fraction of sp³-hybridized carbons (Fsp3) is 0.368. The Morgan fingerprint density at radius 3 is 2.66 bits per heavy atom. The van der Waals surface area contributed by atoms with E-state index in [1.165, 1.54) is 0 Å². The first-order chi connectivity index (χ1) is 13.7. The van der Waals surface area contributed by atoms with E-state index < -0.39 is 17.8 Å². The van der Waals surface area contributed by atoms with Crippen LogP contribution in [0.1, 0.15) is 29.2 Å². The zero-order chi connectivity index (χ0) is 20.4. The lowest BCUT2D eigenvalue weighted by molar-refractivity contribution is -0.153. The molecule has 6 nitrogen and oxygen atoms in total. The van der Waals surface area contributed by atoms with Crippen molar-refractivity contribution in [2.45, 2.75) is 25.1 Å². The summed E-state index contributed by atoms with van der Waals surface area (Å²) in [6.07, 6.45) is -3.12. The van der Waals surface area contributed by atoms with Crippen LogP contribution in [0.4, 0.5) is 19.2 Å². The van der Waals surface area contributed by atoms with Crippen molar-refractivity contribution in [3.63, 3.8) is 0 Å². The lowest BCUT2D eigenvalue weighted by atomic mass is 9.61. The summed E-state index contributed by atoms with van der Waals surface area (Å²) in [5, 5.41) is 3.32.